The van der Waals surface area contributed by atoms with Gasteiger partial charge >= 0.3 is 0 Å². The second-order valence-corrected chi connectivity index (χ2v) is 7.54. The van der Waals surface area contributed by atoms with Crippen LogP contribution in [0.1, 0.15) is 48.2 Å². The summed E-state index contributed by atoms with van der Waals surface area (Å²) in [7, 11) is 0. The smallest absolute Gasteiger partial charge is 0.253 e. The Morgan fingerprint density at radius 3 is 2.40 bits per heavy atom. The number of carbonyl (C=O) groups is 2. The number of piperidine rings is 1. The molecule has 1 aromatic rings. The molecule has 2 amide bonds. The van der Waals surface area contributed by atoms with Gasteiger partial charge in [0.1, 0.15) is 0 Å². The van der Waals surface area contributed by atoms with Crippen LogP contribution in [0.5, 0.6) is 0 Å². The fourth-order valence-electron chi connectivity index (χ4n) is 3.14. The zero-order valence-corrected chi connectivity index (χ0v) is 16.4. The molecule has 1 unspecified atom stereocenters. The minimum atomic E-state index is -0.420. The number of hydrogen-bond acceptors (Lipinski definition) is 3. The number of likely N-dealkylation sites (tertiary alicyclic amines) is 1. The Hall–Kier alpha value is -1.59. The molecule has 0 spiro atoms. The first-order valence-electron chi connectivity index (χ1n) is 8.61. The van der Waals surface area contributed by atoms with Gasteiger partial charge in [0.25, 0.3) is 5.91 Å². The minimum absolute atomic E-state index is 0. The quantitative estimate of drug-likeness (QED) is 0.858. The van der Waals surface area contributed by atoms with Crippen LogP contribution in [-0.4, -0.2) is 41.9 Å². The molecule has 1 heterocycles. The third-order valence-electron chi connectivity index (χ3n) is 4.52. The second-order valence-electron chi connectivity index (χ2n) is 7.54. The van der Waals surface area contributed by atoms with Crippen molar-refractivity contribution in [3.63, 3.8) is 0 Å². The third kappa shape index (κ3) is 5.72. The van der Waals surface area contributed by atoms with Crippen LogP contribution in [0.2, 0.25) is 0 Å². The van der Waals surface area contributed by atoms with Crippen LogP contribution in [-0.2, 0) is 4.79 Å². The van der Waals surface area contributed by atoms with Gasteiger partial charge in [-0.2, -0.15) is 0 Å². The van der Waals surface area contributed by atoms with E-state index in [4.69, 9.17) is 5.73 Å². The van der Waals surface area contributed by atoms with Gasteiger partial charge in [-0.25, -0.2) is 0 Å². The maximum Gasteiger partial charge on any atom is 0.253 e. The number of rotatable bonds is 4. The Labute approximate surface area is 156 Å². The first kappa shape index (κ1) is 21.5. The molecule has 1 saturated heterocycles. The molecule has 0 bridgehead atoms. The first-order chi connectivity index (χ1) is 11.2. The molecule has 1 aromatic carbocycles. The summed E-state index contributed by atoms with van der Waals surface area (Å²) in [6.07, 6.45) is 1.65. The summed E-state index contributed by atoms with van der Waals surface area (Å²) < 4.78 is 0. The molecule has 25 heavy (non-hydrogen) atoms. The van der Waals surface area contributed by atoms with Crippen LogP contribution >= 0.6 is 12.4 Å². The van der Waals surface area contributed by atoms with Gasteiger partial charge in [0.05, 0.1) is 5.92 Å². The largest absolute Gasteiger partial charge is 0.350 e. The molecule has 0 saturated carbocycles. The van der Waals surface area contributed by atoms with Crippen molar-refractivity contribution >= 4 is 24.2 Å². The van der Waals surface area contributed by atoms with Crippen molar-refractivity contribution in [1.82, 2.24) is 10.2 Å². The van der Waals surface area contributed by atoms with E-state index < -0.39 is 5.54 Å². The molecule has 1 fully saturated rings. The van der Waals surface area contributed by atoms with Gasteiger partial charge in [-0.1, -0.05) is 17.2 Å². The number of hydrogen-bond donors (Lipinski definition) is 2. The fraction of sp³-hybridized carbons (Fsp3) is 0.579. The lowest BCUT2D eigenvalue weighted by Gasteiger charge is -2.34. The van der Waals surface area contributed by atoms with E-state index in [0.717, 1.165) is 24.0 Å². The monoisotopic (exact) mass is 367 g/mol. The van der Waals surface area contributed by atoms with E-state index in [-0.39, 0.29) is 30.1 Å². The molecule has 0 radical (unpaired) electrons. The zero-order valence-electron chi connectivity index (χ0n) is 15.6. The SMILES string of the molecule is Cc1cc(C)cc(C(=O)N2CCCC(C(=O)NC(C)(C)CN)C2)c1.Cl. The highest BCUT2D eigenvalue weighted by molar-refractivity contribution is 5.95. The topological polar surface area (TPSA) is 75.4 Å². The van der Waals surface area contributed by atoms with Crippen LogP contribution in [0.3, 0.4) is 0 Å². The molecule has 6 heteroatoms. The molecule has 140 valence electrons. The number of benzene rings is 1. The number of nitrogens with two attached hydrogens (primary N) is 1. The number of halogens is 1. The van der Waals surface area contributed by atoms with E-state index in [9.17, 15) is 9.59 Å². The van der Waals surface area contributed by atoms with Gasteiger partial charge in [0, 0.05) is 30.7 Å². The summed E-state index contributed by atoms with van der Waals surface area (Å²) in [5.74, 6) is -0.166. The van der Waals surface area contributed by atoms with Crippen molar-refractivity contribution in [1.29, 1.82) is 0 Å². The Morgan fingerprint density at radius 2 is 1.84 bits per heavy atom. The highest BCUT2D eigenvalue weighted by Crippen LogP contribution is 2.20. The molecule has 1 aliphatic rings. The molecule has 2 rings (SSSR count). The van der Waals surface area contributed by atoms with Crippen LogP contribution in [0, 0.1) is 19.8 Å². The summed E-state index contributed by atoms with van der Waals surface area (Å²) in [4.78, 5) is 27.1. The molecule has 3 N–H and O–H groups in total. The third-order valence-corrected chi connectivity index (χ3v) is 4.52. The van der Waals surface area contributed by atoms with Crippen molar-refractivity contribution in [2.24, 2.45) is 11.7 Å². The molecule has 0 aliphatic carbocycles. The summed E-state index contributed by atoms with van der Waals surface area (Å²) >= 11 is 0. The fourth-order valence-corrected chi connectivity index (χ4v) is 3.14. The number of amides is 2. The lowest BCUT2D eigenvalue weighted by Crippen LogP contribution is -2.53. The van der Waals surface area contributed by atoms with E-state index in [2.05, 4.69) is 11.4 Å². The van der Waals surface area contributed by atoms with Crippen LogP contribution in [0.4, 0.5) is 0 Å². The predicted molar refractivity (Wildman–Crippen MR) is 103 cm³/mol. The van der Waals surface area contributed by atoms with Crippen LogP contribution in [0.25, 0.3) is 0 Å². The summed E-state index contributed by atoms with van der Waals surface area (Å²) in [6, 6.07) is 5.88. The minimum Gasteiger partial charge on any atom is -0.350 e. The number of carbonyl (C=O) groups excluding carboxylic acids is 2. The highest BCUT2D eigenvalue weighted by Gasteiger charge is 2.31. The standard InChI is InChI=1S/C19H29N3O2.ClH/c1-13-8-14(2)10-16(9-13)18(24)22-7-5-6-15(11-22)17(23)21-19(3,4)12-20;/h8-10,15H,5-7,11-12,20H2,1-4H3,(H,21,23);1H. The lowest BCUT2D eigenvalue weighted by atomic mass is 9.94. The number of nitrogens with one attached hydrogen (secondary N) is 1. The van der Waals surface area contributed by atoms with Gasteiger partial charge in [-0.15, -0.1) is 12.4 Å². The maximum absolute atomic E-state index is 12.8. The Kier molecular flexibility index (Phi) is 7.44. The average molecular weight is 368 g/mol. The molecule has 1 atom stereocenters. The molecular weight excluding hydrogens is 338 g/mol. The van der Waals surface area contributed by atoms with E-state index in [1.54, 1.807) is 4.90 Å². The Morgan fingerprint density at radius 1 is 1.24 bits per heavy atom. The Bertz CT molecular complexity index is 611. The van der Waals surface area contributed by atoms with Crippen molar-refractivity contribution in [2.45, 2.75) is 46.1 Å². The average Bonchev–Trinajstić information content (AvgIpc) is 2.53. The molecule has 0 aromatic heterocycles. The van der Waals surface area contributed by atoms with Crippen LogP contribution < -0.4 is 11.1 Å². The molecule has 1 aliphatic heterocycles. The predicted octanol–water partition coefficient (Wildman–Crippen LogP) is 2.43. The summed E-state index contributed by atoms with van der Waals surface area (Å²) in [6.45, 7) is 9.36. The second kappa shape index (κ2) is 8.68. The molecular formula is C19H30ClN3O2. The van der Waals surface area contributed by atoms with Crippen molar-refractivity contribution < 1.29 is 9.59 Å². The summed E-state index contributed by atoms with van der Waals surface area (Å²) in [5.41, 5.74) is 8.13. The Balaban J connectivity index is 0.00000312. The van der Waals surface area contributed by atoms with Gasteiger partial charge in [-0.3, -0.25) is 9.59 Å². The van der Waals surface area contributed by atoms with E-state index in [1.165, 1.54) is 0 Å². The first-order valence-corrected chi connectivity index (χ1v) is 8.61. The summed E-state index contributed by atoms with van der Waals surface area (Å²) in [5, 5.41) is 2.99. The van der Waals surface area contributed by atoms with E-state index in [0.29, 0.717) is 25.2 Å². The van der Waals surface area contributed by atoms with Crippen molar-refractivity contribution in [3.05, 3.63) is 34.9 Å². The van der Waals surface area contributed by atoms with Crippen molar-refractivity contribution in [2.75, 3.05) is 19.6 Å². The van der Waals surface area contributed by atoms with Crippen LogP contribution in [0.15, 0.2) is 18.2 Å². The zero-order chi connectivity index (χ0) is 17.9. The van der Waals surface area contributed by atoms with Gasteiger partial charge < -0.3 is 16.0 Å². The number of nitrogens with zero attached hydrogens (tertiary/aromatic N) is 1. The van der Waals surface area contributed by atoms with Crippen molar-refractivity contribution in [3.8, 4) is 0 Å². The number of aryl methyl sites for hydroxylation is 2. The highest BCUT2D eigenvalue weighted by atomic mass is 35.5. The maximum atomic E-state index is 12.8. The van der Waals surface area contributed by atoms with E-state index >= 15 is 0 Å². The van der Waals surface area contributed by atoms with E-state index in [1.807, 2.05) is 39.8 Å². The lowest BCUT2D eigenvalue weighted by molar-refractivity contribution is -0.127. The van der Waals surface area contributed by atoms with Gasteiger partial charge in [-0.05, 0) is 52.7 Å². The van der Waals surface area contributed by atoms with Gasteiger partial charge in [0.15, 0.2) is 0 Å². The normalized spacial score (nSPS) is 17.6. The molecule has 5 nitrogen and oxygen atoms in total. The van der Waals surface area contributed by atoms with Gasteiger partial charge in [0.2, 0.25) is 5.91 Å².